The van der Waals surface area contributed by atoms with Crippen molar-refractivity contribution in [3.05, 3.63) is 34.2 Å². The molecule has 0 fully saturated rings. The summed E-state index contributed by atoms with van der Waals surface area (Å²) in [6, 6.07) is 0. The third-order valence-electron chi connectivity index (χ3n) is 3.41. The zero-order chi connectivity index (χ0) is 20.0. The maximum Gasteiger partial charge on any atom is 0.427 e. The van der Waals surface area contributed by atoms with Gasteiger partial charge in [0.1, 0.15) is 0 Å². The van der Waals surface area contributed by atoms with E-state index in [1.54, 1.807) is 0 Å². The molecule has 1 rings (SSSR count). The van der Waals surface area contributed by atoms with Gasteiger partial charge >= 0.3 is 6.18 Å². The van der Waals surface area contributed by atoms with Gasteiger partial charge in [0.15, 0.2) is 0 Å². The number of hydrogen-bond acceptors (Lipinski definition) is 0. The molecule has 0 unspecified atom stereocenters. The Kier molecular flexibility index (Phi) is 16.9. The molecular weight excluding hydrogens is 475 g/mol. The predicted molar refractivity (Wildman–Crippen MR) is 93.1 cm³/mol. The van der Waals surface area contributed by atoms with E-state index in [0.29, 0.717) is 0 Å². The molecule has 1 nitrogen and oxygen atoms in total. The molecule has 0 spiro atoms. The molecule has 1 aromatic carbocycles. The fourth-order valence-corrected chi connectivity index (χ4v) is 1.51. The second kappa shape index (κ2) is 13.1. The molecular formula is C16H28F7OPRh. The van der Waals surface area contributed by atoms with E-state index >= 15 is 0 Å². The van der Waals surface area contributed by atoms with E-state index in [9.17, 15) is 30.7 Å². The van der Waals surface area contributed by atoms with Gasteiger partial charge in [0, 0.05) is 39.5 Å². The van der Waals surface area contributed by atoms with E-state index < -0.39 is 18.5 Å². The molecule has 0 aliphatic carbocycles. The summed E-state index contributed by atoms with van der Waals surface area (Å²) in [6.45, 7) is 17.8. The van der Waals surface area contributed by atoms with Crippen LogP contribution in [0.2, 0.25) is 0 Å². The first-order chi connectivity index (χ1) is 10.5. The summed E-state index contributed by atoms with van der Waals surface area (Å²) in [5, 5.41) is 0. The molecule has 0 bridgehead atoms. The predicted octanol–water partition coefficient (Wildman–Crippen LogP) is 5.73. The van der Waals surface area contributed by atoms with Crippen LogP contribution in [0.3, 0.4) is 0 Å². The van der Waals surface area contributed by atoms with Crippen LogP contribution in [-0.2, 0) is 25.0 Å². The van der Waals surface area contributed by atoms with Crippen molar-refractivity contribution in [2.75, 3.05) is 20.0 Å². The van der Waals surface area contributed by atoms with Crippen molar-refractivity contribution in [1.29, 1.82) is 0 Å². The van der Waals surface area contributed by atoms with Gasteiger partial charge < -0.3 is 14.3 Å². The third kappa shape index (κ3) is 10.3. The van der Waals surface area contributed by atoms with Gasteiger partial charge in [0.25, 0.3) is 5.92 Å². The van der Waals surface area contributed by atoms with Crippen LogP contribution >= 0.6 is 7.92 Å². The average Bonchev–Trinajstić information content (AvgIpc) is 2.56. The molecule has 0 heterocycles. The molecule has 0 saturated heterocycles. The average molecular weight is 503 g/mol. The fraction of sp³-hybridized carbons (Fsp3) is 0.625. The van der Waals surface area contributed by atoms with Crippen LogP contribution in [0.15, 0.2) is 0 Å². The molecule has 10 heteroatoms. The SMILES string of the molecule is C[PH+](C)C.Cc1c(C)c(C)[c-](C)c1C.F[C-](F)C(F)(F)C(F)(F)F.[OH3+].[Rh]. The number of hydrogen-bond donors (Lipinski definition) is 0. The quantitative estimate of drug-likeness (QED) is 0.154. The zero-order valence-corrected chi connectivity index (χ0v) is 18.7. The minimum Gasteiger partial charge on any atom is -0.457 e. The molecule has 0 amide bonds. The largest absolute Gasteiger partial charge is 0.457 e. The van der Waals surface area contributed by atoms with Gasteiger partial charge in [-0.15, -0.1) is 0 Å². The van der Waals surface area contributed by atoms with Crippen molar-refractivity contribution in [2.24, 2.45) is 0 Å². The maximum absolute atomic E-state index is 11.1. The maximum atomic E-state index is 11.1. The minimum atomic E-state index is -6.20. The Morgan fingerprint density at radius 2 is 1.04 bits per heavy atom. The van der Waals surface area contributed by atoms with Crippen molar-refractivity contribution in [2.45, 2.75) is 46.7 Å². The molecule has 1 radical (unpaired) electrons. The molecule has 161 valence electrons. The molecule has 0 atom stereocenters. The Labute approximate surface area is 164 Å². The van der Waals surface area contributed by atoms with Crippen LogP contribution in [0.1, 0.15) is 27.8 Å². The topological polar surface area (TPSA) is 33.0 Å². The van der Waals surface area contributed by atoms with Gasteiger partial charge in [-0.1, -0.05) is 34.6 Å². The molecule has 0 saturated carbocycles. The van der Waals surface area contributed by atoms with Crippen LogP contribution in [0.4, 0.5) is 30.7 Å². The molecule has 3 N–H and O–H groups in total. The van der Waals surface area contributed by atoms with Gasteiger partial charge in [0.05, 0.1) is 6.43 Å². The first-order valence-electron chi connectivity index (χ1n) is 7.07. The van der Waals surface area contributed by atoms with E-state index in [1.807, 2.05) is 0 Å². The Morgan fingerprint density at radius 1 is 0.808 bits per heavy atom. The van der Waals surface area contributed by atoms with Crippen LogP contribution < -0.4 is 0 Å². The van der Waals surface area contributed by atoms with Crippen LogP contribution in [0.5, 0.6) is 0 Å². The van der Waals surface area contributed by atoms with Gasteiger partial charge in [-0.05, 0) is 7.92 Å². The van der Waals surface area contributed by atoms with E-state index in [0.717, 1.165) is 0 Å². The Morgan fingerprint density at radius 3 is 1.08 bits per heavy atom. The van der Waals surface area contributed by atoms with Crippen LogP contribution in [0, 0.1) is 41.0 Å². The van der Waals surface area contributed by atoms with E-state index in [-0.39, 0.29) is 32.9 Å². The summed E-state index contributed by atoms with van der Waals surface area (Å²) in [5.41, 5.74) is 7.34. The molecule has 26 heavy (non-hydrogen) atoms. The molecule has 0 aliphatic rings. The molecule has 0 aliphatic heterocycles. The Hall–Kier alpha value is -0.127. The summed E-state index contributed by atoms with van der Waals surface area (Å²) >= 11 is 0. The number of alkyl halides is 5. The minimum absolute atomic E-state index is 0. The Balaban J connectivity index is -0.000000146. The van der Waals surface area contributed by atoms with Gasteiger partial charge in [-0.3, -0.25) is 0 Å². The second-order valence-corrected chi connectivity index (χ2v) is 8.96. The molecule has 0 aromatic heterocycles. The summed E-state index contributed by atoms with van der Waals surface area (Å²) < 4.78 is 76.3. The van der Waals surface area contributed by atoms with E-state index in [2.05, 4.69) is 54.6 Å². The van der Waals surface area contributed by atoms with Crippen molar-refractivity contribution < 1.29 is 55.7 Å². The monoisotopic (exact) mass is 503 g/mol. The molecule has 1 aromatic rings. The smallest absolute Gasteiger partial charge is 0.427 e. The summed E-state index contributed by atoms with van der Waals surface area (Å²) in [6.07, 6.45) is -10.1. The summed E-state index contributed by atoms with van der Waals surface area (Å²) in [4.78, 5) is 0. The van der Waals surface area contributed by atoms with Crippen molar-refractivity contribution in [1.82, 2.24) is 0 Å². The van der Waals surface area contributed by atoms with Crippen LogP contribution in [-0.4, -0.2) is 32.1 Å². The van der Waals surface area contributed by atoms with E-state index in [1.165, 1.54) is 27.8 Å². The van der Waals surface area contributed by atoms with Crippen molar-refractivity contribution in [3.8, 4) is 0 Å². The third-order valence-corrected chi connectivity index (χ3v) is 3.41. The number of rotatable bonds is 1. The fourth-order valence-electron chi connectivity index (χ4n) is 1.51. The van der Waals surface area contributed by atoms with E-state index in [4.69, 9.17) is 0 Å². The van der Waals surface area contributed by atoms with Gasteiger partial charge in [0.2, 0.25) is 0 Å². The van der Waals surface area contributed by atoms with Crippen molar-refractivity contribution in [3.63, 3.8) is 0 Å². The normalized spacial score (nSPS) is 11.0. The van der Waals surface area contributed by atoms with Gasteiger partial charge in [-0.25, -0.2) is 8.78 Å². The standard InChI is InChI=1S/C10H15.C3F7.C3H9P.H2O.Rh/c1-6-7(2)9(4)10(5)8(6)3;4-1(5)2(6,7)3(8,9)10;1-4(2)3;;/h1-5H3;;1-3H3;1H2;/q2*-1;;;/p+2. The van der Waals surface area contributed by atoms with Crippen LogP contribution in [0.25, 0.3) is 0 Å². The summed E-state index contributed by atoms with van der Waals surface area (Å²) in [7, 11) is 0.120. The first-order valence-corrected chi connectivity index (χ1v) is 10.1. The Bertz CT molecular complexity index is 429. The zero-order valence-electron chi connectivity index (χ0n) is 16.1. The first kappa shape index (κ1) is 33.5. The van der Waals surface area contributed by atoms with Gasteiger partial charge in [-0.2, -0.15) is 41.0 Å². The summed E-state index contributed by atoms with van der Waals surface area (Å²) in [5.74, 6) is -5.98. The van der Waals surface area contributed by atoms with Crippen molar-refractivity contribution >= 4 is 7.92 Å². The number of halogens is 7. The second-order valence-electron chi connectivity index (χ2n) is 5.96.